The van der Waals surface area contributed by atoms with Crippen LogP contribution in [0.2, 0.25) is 0 Å². The number of halogens is 2. The second-order valence-electron chi connectivity index (χ2n) is 5.46. The molecule has 3 heteroatoms. The molecule has 3 unspecified atom stereocenters. The molecular weight excluding hydrogens is 277 g/mol. The third-order valence-electron chi connectivity index (χ3n) is 4.21. The minimum absolute atomic E-state index is 0.0319. The summed E-state index contributed by atoms with van der Waals surface area (Å²) in [7, 11) is 0. The molecule has 102 valence electrons. The average molecular weight is 296 g/mol. The molecule has 0 aromatic heterocycles. The van der Waals surface area contributed by atoms with Gasteiger partial charge in [-0.25, -0.2) is 0 Å². The summed E-state index contributed by atoms with van der Waals surface area (Å²) in [6, 6.07) is 2.46. The summed E-state index contributed by atoms with van der Waals surface area (Å²) in [6.07, 6.45) is 11.2. The molecule has 0 N–H and O–H groups in total. The molecule has 3 atom stereocenters. The maximum absolute atomic E-state index is 9.49. The first-order valence-electron chi connectivity index (χ1n) is 6.93. The van der Waals surface area contributed by atoms with Crippen LogP contribution in [0.25, 0.3) is 0 Å². The van der Waals surface area contributed by atoms with Gasteiger partial charge in [0.05, 0.1) is 12.0 Å². The predicted octanol–water partition coefficient (Wildman–Crippen LogP) is 5.53. The maximum atomic E-state index is 9.49. The van der Waals surface area contributed by atoms with E-state index < -0.39 is 0 Å². The molecule has 0 radical (unpaired) electrons. The summed E-state index contributed by atoms with van der Waals surface area (Å²) >= 11 is 12.5. The topological polar surface area (TPSA) is 23.8 Å². The highest BCUT2D eigenvalue weighted by Crippen LogP contribution is 2.39. The SMILES string of the molecule is CC1C(Cl)=CC=CC1C(C#N)CC1=C(Cl)CCCC1. The van der Waals surface area contributed by atoms with Crippen LogP contribution in [0.1, 0.15) is 39.0 Å². The minimum Gasteiger partial charge on any atom is -0.198 e. The van der Waals surface area contributed by atoms with Crippen LogP contribution in [0.4, 0.5) is 0 Å². The molecule has 0 aliphatic heterocycles. The number of hydrogen-bond donors (Lipinski definition) is 0. The van der Waals surface area contributed by atoms with Gasteiger partial charge in [-0.2, -0.15) is 5.26 Å². The van der Waals surface area contributed by atoms with Gasteiger partial charge < -0.3 is 0 Å². The third kappa shape index (κ3) is 3.44. The van der Waals surface area contributed by atoms with Crippen LogP contribution in [0, 0.1) is 29.1 Å². The van der Waals surface area contributed by atoms with Gasteiger partial charge in [-0.15, -0.1) is 0 Å². The molecule has 0 spiro atoms. The highest BCUT2D eigenvalue weighted by molar-refractivity contribution is 6.30. The molecule has 0 aromatic rings. The minimum atomic E-state index is -0.0319. The zero-order valence-electron chi connectivity index (χ0n) is 11.2. The highest BCUT2D eigenvalue weighted by atomic mass is 35.5. The molecule has 0 saturated carbocycles. The van der Waals surface area contributed by atoms with Crippen LogP contribution in [0.5, 0.6) is 0 Å². The van der Waals surface area contributed by atoms with E-state index in [-0.39, 0.29) is 17.8 Å². The highest BCUT2D eigenvalue weighted by Gasteiger charge is 2.29. The van der Waals surface area contributed by atoms with E-state index in [0.29, 0.717) is 0 Å². The van der Waals surface area contributed by atoms with Crippen molar-refractivity contribution in [1.29, 1.82) is 5.26 Å². The predicted molar refractivity (Wildman–Crippen MR) is 80.8 cm³/mol. The Labute approximate surface area is 125 Å². The molecule has 0 heterocycles. The standard InChI is InChI=1S/C16H19Cl2N/c1-11-14(6-4-8-15(11)17)13(10-19)9-12-5-2-3-7-16(12)18/h4,6,8,11,13-14H,2-3,5,7,9H2,1H3. The van der Waals surface area contributed by atoms with Crippen molar-refractivity contribution in [2.45, 2.75) is 39.0 Å². The first-order valence-corrected chi connectivity index (χ1v) is 7.69. The second-order valence-corrected chi connectivity index (χ2v) is 6.35. The molecular formula is C16H19Cl2N. The van der Waals surface area contributed by atoms with Crippen LogP contribution in [-0.4, -0.2) is 0 Å². The molecule has 19 heavy (non-hydrogen) atoms. The van der Waals surface area contributed by atoms with Gasteiger partial charge in [0.15, 0.2) is 0 Å². The lowest BCUT2D eigenvalue weighted by Gasteiger charge is -2.28. The molecule has 0 aromatic carbocycles. The summed E-state index contributed by atoms with van der Waals surface area (Å²) in [5.74, 6) is 0.385. The molecule has 0 amide bonds. The van der Waals surface area contributed by atoms with Crippen LogP contribution < -0.4 is 0 Å². The van der Waals surface area contributed by atoms with Gasteiger partial charge >= 0.3 is 0 Å². The van der Waals surface area contributed by atoms with Crippen molar-refractivity contribution in [2.75, 3.05) is 0 Å². The fourth-order valence-electron chi connectivity index (χ4n) is 2.94. The summed E-state index contributed by atoms with van der Waals surface area (Å²) in [5.41, 5.74) is 1.28. The Bertz CT molecular complexity index is 468. The lowest BCUT2D eigenvalue weighted by Crippen LogP contribution is -2.22. The smallest absolute Gasteiger partial charge is 0.0665 e. The van der Waals surface area contributed by atoms with Crippen molar-refractivity contribution in [3.63, 3.8) is 0 Å². The van der Waals surface area contributed by atoms with E-state index in [1.54, 1.807) is 0 Å². The quantitative estimate of drug-likeness (QED) is 0.672. The van der Waals surface area contributed by atoms with Gasteiger partial charge in [0.2, 0.25) is 0 Å². The normalized spacial score (nSPS) is 28.8. The fraction of sp³-hybridized carbons (Fsp3) is 0.562. The molecule has 0 saturated heterocycles. The molecule has 2 aliphatic rings. The van der Waals surface area contributed by atoms with E-state index >= 15 is 0 Å². The van der Waals surface area contributed by atoms with Crippen molar-refractivity contribution in [2.24, 2.45) is 17.8 Å². The van der Waals surface area contributed by atoms with Gasteiger partial charge in [0.1, 0.15) is 0 Å². The monoisotopic (exact) mass is 295 g/mol. The largest absolute Gasteiger partial charge is 0.198 e. The summed E-state index contributed by atoms with van der Waals surface area (Å²) < 4.78 is 0. The Hall–Kier alpha value is -0.710. The average Bonchev–Trinajstić information content (AvgIpc) is 2.41. The van der Waals surface area contributed by atoms with Gasteiger partial charge in [-0.05, 0) is 44.1 Å². The van der Waals surface area contributed by atoms with E-state index in [9.17, 15) is 5.26 Å². The van der Waals surface area contributed by atoms with Crippen LogP contribution in [0.15, 0.2) is 33.9 Å². The van der Waals surface area contributed by atoms with Gasteiger partial charge in [0.25, 0.3) is 0 Å². The molecule has 0 bridgehead atoms. The van der Waals surface area contributed by atoms with Crippen molar-refractivity contribution < 1.29 is 0 Å². The summed E-state index contributed by atoms with van der Waals surface area (Å²) in [4.78, 5) is 0. The van der Waals surface area contributed by atoms with Gasteiger partial charge in [-0.3, -0.25) is 0 Å². The van der Waals surface area contributed by atoms with Gasteiger partial charge in [-0.1, -0.05) is 47.9 Å². The van der Waals surface area contributed by atoms with Crippen LogP contribution >= 0.6 is 23.2 Å². The number of allylic oxidation sites excluding steroid dienone is 6. The number of nitrogens with zero attached hydrogens (tertiary/aromatic N) is 1. The van der Waals surface area contributed by atoms with E-state index in [1.807, 2.05) is 12.2 Å². The zero-order valence-corrected chi connectivity index (χ0v) is 12.7. The molecule has 2 aliphatic carbocycles. The van der Waals surface area contributed by atoms with E-state index in [2.05, 4.69) is 19.1 Å². The Morgan fingerprint density at radius 1 is 1.37 bits per heavy atom. The first-order chi connectivity index (χ1) is 9.13. The first kappa shape index (κ1) is 14.7. The fourth-order valence-corrected chi connectivity index (χ4v) is 3.46. The maximum Gasteiger partial charge on any atom is 0.0665 e. The molecule has 0 fully saturated rings. The Morgan fingerprint density at radius 2 is 2.11 bits per heavy atom. The number of hydrogen-bond acceptors (Lipinski definition) is 1. The van der Waals surface area contributed by atoms with Crippen LogP contribution in [0.3, 0.4) is 0 Å². The van der Waals surface area contributed by atoms with Crippen molar-refractivity contribution in [1.82, 2.24) is 0 Å². The number of nitriles is 1. The zero-order chi connectivity index (χ0) is 13.8. The summed E-state index contributed by atoms with van der Waals surface area (Å²) in [5, 5.41) is 11.3. The van der Waals surface area contributed by atoms with Crippen LogP contribution in [-0.2, 0) is 0 Å². The number of rotatable bonds is 3. The lowest BCUT2D eigenvalue weighted by atomic mass is 9.76. The Morgan fingerprint density at radius 3 is 2.79 bits per heavy atom. The molecule has 1 nitrogen and oxygen atoms in total. The van der Waals surface area contributed by atoms with E-state index in [1.165, 1.54) is 18.4 Å². The molecule has 2 rings (SSSR count). The van der Waals surface area contributed by atoms with Crippen molar-refractivity contribution in [3.8, 4) is 6.07 Å². The van der Waals surface area contributed by atoms with E-state index in [4.69, 9.17) is 23.2 Å². The third-order valence-corrected chi connectivity index (χ3v) is 5.13. The summed E-state index contributed by atoms with van der Waals surface area (Å²) in [6.45, 7) is 2.09. The Balaban J connectivity index is 2.11. The lowest BCUT2D eigenvalue weighted by molar-refractivity contribution is 0.384. The van der Waals surface area contributed by atoms with Crippen molar-refractivity contribution in [3.05, 3.63) is 33.9 Å². The van der Waals surface area contributed by atoms with Gasteiger partial charge in [0, 0.05) is 16.0 Å². The van der Waals surface area contributed by atoms with Crippen molar-refractivity contribution >= 4 is 23.2 Å². The van der Waals surface area contributed by atoms with E-state index in [0.717, 1.165) is 29.3 Å². The second kappa shape index (κ2) is 6.64. The Kier molecular flexibility index (Phi) is 5.13.